The van der Waals surface area contributed by atoms with Crippen LogP contribution in [0.1, 0.15) is 31.1 Å². The normalized spacial score (nSPS) is 16.2. The van der Waals surface area contributed by atoms with Crippen molar-refractivity contribution >= 4 is 31.5 Å². The molecule has 0 atom stereocenters. The Bertz CT molecular complexity index is 1170. The average molecular weight is 480 g/mol. The number of nitrogens with one attached hydrogen (secondary N) is 1. The van der Waals surface area contributed by atoms with Crippen LogP contribution < -0.4 is 5.32 Å². The molecule has 0 saturated carbocycles. The van der Waals surface area contributed by atoms with Crippen LogP contribution in [0.4, 0.5) is 5.69 Å². The first-order chi connectivity index (χ1) is 15.1. The van der Waals surface area contributed by atoms with Crippen molar-refractivity contribution in [2.75, 3.05) is 38.0 Å². The summed E-state index contributed by atoms with van der Waals surface area (Å²) < 4.78 is 52.5. The number of amides is 1. The zero-order valence-electron chi connectivity index (χ0n) is 18.5. The van der Waals surface area contributed by atoms with E-state index in [-0.39, 0.29) is 15.4 Å². The first-order valence-corrected chi connectivity index (χ1v) is 13.5. The van der Waals surface area contributed by atoms with Crippen LogP contribution in [0.25, 0.3) is 0 Å². The van der Waals surface area contributed by atoms with Gasteiger partial charge in [0.1, 0.15) is 0 Å². The van der Waals surface area contributed by atoms with Gasteiger partial charge in [0.15, 0.2) is 9.84 Å². The van der Waals surface area contributed by atoms with Crippen molar-refractivity contribution in [1.29, 1.82) is 0 Å². The van der Waals surface area contributed by atoms with Gasteiger partial charge in [-0.05, 0) is 56.8 Å². The molecule has 1 N–H and O–H groups in total. The molecule has 2 aromatic carbocycles. The summed E-state index contributed by atoms with van der Waals surface area (Å²) in [5.74, 6) is -0.573. The van der Waals surface area contributed by atoms with Crippen LogP contribution in [0.2, 0.25) is 0 Å². The largest absolute Gasteiger partial charge is 0.322 e. The minimum Gasteiger partial charge on any atom is -0.322 e. The summed E-state index contributed by atoms with van der Waals surface area (Å²) in [7, 11) is -7.25. The van der Waals surface area contributed by atoms with E-state index in [0.717, 1.165) is 6.54 Å². The van der Waals surface area contributed by atoms with Crippen LogP contribution in [-0.4, -0.2) is 69.9 Å². The molecular weight excluding hydrogens is 450 g/mol. The van der Waals surface area contributed by atoms with Crippen LogP contribution >= 0.6 is 0 Å². The number of hydrogen-bond donors (Lipinski definition) is 1. The van der Waals surface area contributed by atoms with Gasteiger partial charge in [-0.2, -0.15) is 4.31 Å². The van der Waals surface area contributed by atoms with Crippen molar-refractivity contribution in [3.8, 4) is 0 Å². The van der Waals surface area contributed by atoms with Gasteiger partial charge in [-0.1, -0.05) is 19.1 Å². The lowest BCUT2D eigenvalue weighted by Gasteiger charge is -2.33. The summed E-state index contributed by atoms with van der Waals surface area (Å²) in [5.41, 5.74) is 0.424. The van der Waals surface area contributed by atoms with E-state index >= 15 is 0 Å². The summed E-state index contributed by atoms with van der Waals surface area (Å²) in [6.07, 6.45) is 0. The molecule has 1 amide bonds. The number of likely N-dealkylation sites (N-methyl/N-ethyl adjacent to an activating group) is 1. The number of carbonyl (C=O) groups excluding carboxylic acids is 1. The smallest absolute Gasteiger partial charge is 0.256 e. The number of sulfone groups is 1. The van der Waals surface area contributed by atoms with E-state index in [0.29, 0.717) is 31.9 Å². The standard InChI is InChI=1S/C22H29N3O5S2/c1-4-24-13-15-25(16-14-24)32(29,30)19-11-9-18(10-12-19)23-22(26)20-7-5-6-8-21(20)31(27,28)17(2)3/h5-12,17H,4,13-16H2,1-3H3,(H,23,26). The lowest BCUT2D eigenvalue weighted by Crippen LogP contribution is -2.48. The van der Waals surface area contributed by atoms with Gasteiger partial charge >= 0.3 is 0 Å². The quantitative estimate of drug-likeness (QED) is 0.654. The maximum absolute atomic E-state index is 12.9. The van der Waals surface area contributed by atoms with E-state index in [2.05, 4.69) is 10.2 Å². The molecule has 0 aliphatic carbocycles. The summed E-state index contributed by atoms with van der Waals surface area (Å²) in [6.45, 7) is 8.34. The number of anilines is 1. The third-order valence-corrected chi connectivity index (χ3v) is 9.71. The van der Waals surface area contributed by atoms with Crippen molar-refractivity contribution in [1.82, 2.24) is 9.21 Å². The van der Waals surface area contributed by atoms with Crippen LogP contribution in [0.15, 0.2) is 58.3 Å². The molecule has 174 valence electrons. The Balaban J connectivity index is 1.77. The number of carbonyl (C=O) groups is 1. The SMILES string of the molecule is CCN1CCN(S(=O)(=O)c2ccc(NC(=O)c3ccccc3S(=O)(=O)C(C)C)cc2)CC1. The minimum atomic E-state index is -3.64. The Morgan fingerprint density at radius 3 is 2.09 bits per heavy atom. The molecule has 0 spiro atoms. The van der Waals surface area contributed by atoms with Gasteiger partial charge in [-0.3, -0.25) is 4.79 Å². The second-order valence-electron chi connectivity index (χ2n) is 7.91. The molecule has 1 saturated heterocycles. The Hall–Kier alpha value is -2.27. The molecule has 10 heteroatoms. The molecule has 1 aliphatic rings. The number of rotatable bonds is 7. The van der Waals surface area contributed by atoms with Crippen LogP contribution in [0.5, 0.6) is 0 Å². The molecule has 1 aliphatic heterocycles. The second kappa shape index (κ2) is 9.70. The van der Waals surface area contributed by atoms with Gasteiger partial charge in [0.25, 0.3) is 5.91 Å². The number of nitrogens with zero attached hydrogens (tertiary/aromatic N) is 2. The predicted octanol–water partition coefficient (Wildman–Crippen LogP) is 2.45. The molecule has 8 nitrogen and oxygen atoms in total. The fraction of sp³-hybridized carbons (Fsp3) is 0.409. The van der Waals surface area contributed by atoms with Crippen LogP contribution in [0.3, 0.4) is 0 Å². The molecule has 0 radical (unpaired) electrons. The fourth-order valence-electron chi connectivity index (χ4n) is 3.50. The van der Waals surface area contributed by atoms with E-state index in [4.69, 9.17) is 0 Å². The molecule has 0 bridgehead atoms. The van der Waals surface area contributed by atoms with E-state index in [1.54, 1.807) is 26.0 Å². The van der Waals surface area contributed by atoms with E-state index in [1.165, 1.54) is 40.7 Å². The maximum atomic E-state index is 12.9. The minimum absolute atomic E-state index is 0.0297. The number of hydrogen-bond acceptors (Lipinski definition) is 6. The highest BCUT2D eigenvalue weighted by atomic mass is 32.2. The zero-order chi connectivity index (χ0) is 23.5. The average Bonchev–Trinajstić information content (AvgIpc) is 2.79. The monoisotopic (exact) mass is 479 g/mol. The lowest BCUT2D eigenvalue weighted by atomic mass is 10.2. The highest BCUT2D eigenvalue weighted by Crippen LogP contribution is 2.23. The van der Waals surface area contributed by atoms with Gasteiger partial charge in [-0.15, -0.1) is 0 Å². The van der Waals surface area contributed by atoms with E-state index in [9.17, 15) is 21.6 Å². The van der Waals surface area contributed by atoms with Crippen molar-refractivity contribution < 1.29 is 21.6 Å². The number of sulfonamides is 1. The number of piperazine rings is 1. The number of benzene rings is 2. The predicted molar refractivity (Wildman–Crippen MR) is 124 cm³/mol. The van der Waals surface area contributed by atoms with E-state index < -0.39 is 31.0 Å². The van der Waals surface area contributed by atoms with Crippen LogP contribution in [-0.2, 0) is 19.9 Å². The Morgan fingerprint density at radius 1 is 0.938 bits per heavy atom. The first kappa shape index (κ1) is 24.4. The molecular formula is C22H29N3O5S2. The summed E-state index contributed by atoms with van der Waals surface area (Å²) in [6, 6.07) is 12.0. The van der Waals surface area contributed by atoms with Crippen molar-refractivity contribution in [2.45, 2.75) is 35.8 Å². The third kappa shape index (κ3) is 5.03. The lowest BCUT2D eigenvalue weighted by molar-refractivity contribution is 0.102. The van der Waals surface area contributed by atoms with Crippen molar-refractivity contribution in [3.63, 3.8) is 0 Å². The zero-order valence-corrected chi connectivity index (χ0v) is 20.1. The molecule has 1 heterocycles. The van der Waals surface area contributed by atoms with Gasteiger partial charge in [-0.25, -0.2) is 16.8 Å². The van der Waals surface area contributed by atoms with Crippen molar-refractivity contribution in [3.05, 3.63) is 54.1 Å². The topological polar surface area (TPSA) is 104 Å². The summed E-state index contributed by atoms with van der Waals surface area (Å²) in [5, 5.41) is 2.00. The highest BCUT2D eigenvalue weighted by molar-refractivity contribution is 7.92. The molecule has 3 rings (SSSR count). The molecule has 1 fully saturated rings. The van der Waals surface area contributed by atoms with Gasteiger partial charge in [0.2, 0.25) is 10.0 Å². The Kier molecular flexibility index (Phi) is 7.39. The third-order valence-electron chi connectivity index (χ3n) is 5.59. The molecule has 0 aromatic heterocycles. The molecule has 32 heavy (non-hydrogen) atoms. The fourth-order valence-corrected chi connectivity index (χ4v) is 6.17. The Labute approximate surface area is 190 Å². The highest BCUT2D eigenvalue weighted by Gasteiger charge is 2.28. The molecule has 2 aromatic rings. The van der Waals surface area contributed by atoms with Gasteiger partial charge in [0.05, 0.1) is 20.6 Å². The van der Waals surface area contributed by atoms with Gasteiger partial charge in [0, 0.05) is 31.9 Å². The van der Waals surface area contributed by atoms with E-state index in [1.807, 2.05) is 6.92 Å². The van der Waals surface area contributed by atoms with Gasteiger partial charge < -0.3 is 10.2 Å². The maximum Gasteiger partial charge on any atom is 0.256 e. The second-order valence-corrected chi connectivity index (χ2v) is 12.3. The first-order valence-electron chi connectivity index (χ1n) is 10.5. The van der Waals surface area contributed by atoms with Crippen molar-refractivity contribution in [2.24, 2.45) is 0 Å². The summed E-state index contributed by atoms with van der Waals surface area (Å²) >= 11 is 0. The Morgan fingerprint density at radius 2 is 1.53 bits per heavy atom. The summed E-state index contributed by atoms with van der Waals surface area (Å²) in [4.78, 5) is 15.1. The van der Waals surface area contributed by atoms with Crippen LogP contribution in [0, 0.1) is 0 Å². The molecule has 0 unspecified atom stereocenters.